The van der Waals surface area contributed by atoms with Crippen LogP contribution in [0.5, 0.6) is 0 Å². The van der Waals surface area contributed by atoms with E-state index < -0.39 is 0 Å². The number of hydrogen-bond donors (Lipinski definition) is 2. The van der Waals surface area contributed by atoms with Crippen LogP contribution in [0.3, 0.4) is 0 Å². The number of hydrogen-bond acceptors (Lipinski definition) is 5. The summed E-state index contributed by atoms with van der Waals surface area (Å²) in [6.07, 6.45) is 0. The summed E-state index contributed by atoms with van der Waals surface area (Å²) in [6.45, 7) is 3.14. The molecular weight excluding hydrogens is 457 g/mol. The number of thiazole rings is 1. The molecule has 3 aromatic rings. The van der Waals surface area contributed by atoms with E-state index in [-0.39, 0.29) is 17.8 Å². The number of halogens is 1. The number of carbonyl (C=O) groups excluding carboxylic acids is 2. The van der Waals surface area contributed by atoms with Gasteiger partial charge in [0.1, 0.15) is 5.82 Å². The van der Waals surface area contributed by atoms with Crippen LogP contribution < -0.4 is 15.4 Å². The first kappa shape index (κ1) is 23.7. The predicted molar refractivity (Wildman–Crippen MR) is 129 cm³/mol. The third kappa shape index (κ3) is 5.70. The Hall–Kier alpha value is -3.50. The molecule has 4 rings (SSSR count). The Bertz CT molecular complexity index is 1220. The highest BCUT2D eigenvalue weighted by molar-refractivity contribution is 7.07. The molecule has 0 unspecified atom stereocenters. The van der Waals surface area contributed by atoms with E-state index in [0.717, 1.165) is 11.3 Å². The van der Waals surface area contributed by atoms with E-state index >= 15 is 0 Å². The van der Waals surface area contributed by atoms with E-state index in [4.69, 9.17) is 4.74 Å². The highest BCUT2D eigenvalue weighted by Gasteiger charge is 2.18. The van der Waals surface area contributed by atoms with E-state index in [1.807, 2.05) is 34.2 Å². The van der Waals surface area contributed by atoms with E-state index in [2.05, 4.69) is 15.6 Å². The molecule has 1 aromatic heterocycles. The van der Waals surface area contributed by atoms with Gasteiger partial charge in [0.15, 0.2) is 4.80 Å². The zero-order chi connectivity index (χ0) is 23.9. The molecule has 1 aliphatic rings. The summed E-state index contributed by atoms with van der Waals surface area (Å²) in [5.74, 6) is -0.365. The number of morpholine rings is 1. The molecule has 0 spiro atoms. The maximum atomic E-state index is 13.7. The van der Waals surface area contributed by atoms with Crippen LogP contribution in [0, 0.1) is 5.82 Å². The van der Waals surface area contributed by atoms with Crippen molar-refractivity contribution in [2.24, 2.45) is 4.99 Å². The topological polar surface area (TPSA) is 88.0 Å². The van der Waals surface area contributed by atoms with Crippen LogP contribution in [-0.4, -0.2) is 61.3 Å². The van der Waals surface area contributed by atoms with Crippen molar-refractivity contribution in [3.8, 4) is 11.3 Å². The first-order valence-corrected chi connectivity index (χ1v) is 11.8. The van der Waals surface area contributed by atoms with Gasteiger partial charge in [-0.15, -0.1) is 11.3 Å². The number of rotatable bonds is 6. The van der Waals surface area contributed by atoms with E-state index in [0.29, 0.717) is 55.4 Å². The summed E-state index contributed by atoms with van der Waals surface area (Å²) in [4.78, 5) is 31.4. The number of urea groups is 1. The molecule has 2 N–H and O–H groups in total. The summed E-state index contributed by atoms with van der Waals surface area (Å²) >= 11 is 1.43. The van der Waals surface area contributed by atoms with Gasteiger partial charge in [0.05, 0.1) is 24.6 Å². The summed E-state index contributed by atoms with van der Waals surface area (Å²) in [6, 6.07) is 13.3. The van der Waals surface area contributed by atoms with Crippen molar-refractivity contribution in [1.82, 2.24) is 20.1 Å². The molecule has 10 heteroatoms. The van der Waals surface area contributed by atoms with Crippen molar-refractivity contribution >= 4 is 29.0 Å². The van der Waals surface area contributed by atoms with Gasteiger partial charge in [-0.1, -0.05) is 18.2 Å². The largest absolute Gasteiger partial charge is 0.378 e. The van der Waals surface area contributed by atoms with Gasteiger partial charge in [-0.25, -0.2) is 14.2 Å². The number of benzene rings is 2. The second-order valence-electron chi connectivity index (χ2n) is 7.63. The third-order valence-corrected chi connectivity index (χ3v) is 6.27. The first-order chi connectivity index (χ1) is 16.5. The molecule has 8 nitrogen and oxygen atoms in total. The van der Waals surface area contributed by atoms with Crippen molar-refractivity contribution in [2.45, 2.75) is 6.54 Å². The van der Waals surface area contributed by atoms with Crippen molar-refractivity contribution in [2.75, 3.05) is 39.9 Å². The van der Waals surface area contributed by atoms with Gasteiger partial charge in [0.2, 0.25) is 0 Å². The molecule has 0 atom stereocenters. The zero-order valence-electron chi connectivity index (χ0n) is 18.8. The average Bonchev–Trinajstić information content (AvgIpc) is 3.26. The molecule has 3 amide bonds. The Morgan fingerprint density at radius 3 is 2.62 bits per heavy atom. The normalized spacial score (nSPS) is 14.2. The molecule has 0 aliphatic carbocycles. The maximum Gasteiger partial charge on any atom is 0.314 e. The summed E-state index contributed by atoms with van der Waals surface area (Å²) in [5, 5.41) is 7.28. The fraction of sp³-hybridized carbons (Fsp3) is 0.292. The smallest absolute Gasteiger partial charge is 0.314 e. The quantitative estimate of drug-likeness (QED) is 0.565. The Labute approximate surface area is 200 Å². The minimum absolute atomic E-state index is 0.00961. The van der Waals surface area contributed by atoms with Crippen LogP contribution >= 0.6 is 11.3 Å². The Kier molecular flexibility index (Phi) is 7.71. The van der Waals surface area contributed by atoms with Gasteiger partial charge in [0, 0.05) is 44.2 Å². The Morgan fingerprint density at radius 1 is 1.15 bits per heavy atom. The molecule has 0 saturated carbocycles. The lowest BCUT2D eigenvalue weighted by Crippen LogP contribution is -2.40. The van der Waals surface area contributed by atoms with Crippen molar-refractivity contribution in [3.63, 3.8) is 0 Å². The number of carbonyl (C=O) groups is 2. The highest BCUT2D eigenvalue weighted by atomic mass is 32.1. The third-order valence-electron chi connectivity index (χ3n) is 5.40. The van der Waals surface area contributed by atoms with Crippen molar-refractivity contribution < 1.29 is 18.7 Å². The summed E-state index contributed by atoms with van der Waals surface area (Å²) in [5.41, 5.74) is 2.94. The number of amides is 3. The first-order valence-electron chi connectivity index (χ1n) is 11.0. The fourth-order valence-electron chi connectivity index (χ4n) is 3.62. The summed E-state index contributed by atoms with van der Waals surface area (Å²) in [7, 11) is 1.56. The van der Waals surface area contributed by atoms with Crippen LogP contribution in [0.15, 0.2) is 58.9 Å². The van der Waals surface area contributed by atoms with Gasteiger partial charge in [-0.3, -0.25) is 4.79 Å². The van der Waals surface area contributed by atoms with Gasteiger partial charge >= 0.3 is 6.03 Å². The van der Waals surface area contributed by atoms with E-state index in [1.54, 1.807) is 24.1 Å². The minimum atomic E-state index is -0.355. The molecule has 2 aromatic carbocycles. The fourth-order valence-corrected chi connectivity index (χ4v) is 4.58. The number of aromatic nitrogens is 1. The van der Waals surface area contributed by atoms with Gasteiger partial charge < -0.3 is 24.8 Å². The molecule has 178 valence electrons. The predicted octanol–water partition coefficient (Wildman–Crippen LogP) is 2.99. The monoisotopic (exact) mass is 483 g/mol. The minimum Gasteiger partial charge on any atom is -0.378 e. The SMILES string of the molecule is CNC(=O)NCCn1c(-c2ccc(C(=O)N3CCOCC3)cc2)cs/c1=N\c1cccc(F)c1. The van der Waals surface area contributed by atoms with Crippen LogP contribution in [0.2, 0.25) is 0 Å². The van der Waals surface area contributed by atoms with Gasteiger partial charge in [-0.2, -0.15) is 0 Å². The molecule has 0 radical (unpaired) electrons. The van der Waals surface area contributed by atoms with Gasteiger partial charge in [0.25, 0.3) is 5.91 Å². The van der Waals surface area contributed by atoms with Crippen LogP contribution in [-0.2, 0) is 11.3 Å². The second kappa shape index (κ2) is 11.1. The lowest BCUT2D eigenvalue weighted by atomic mass is 10.1. The van der Waals surface area contributed by atoms with E-state index in [9.17, 15) is 14.0 Å². The summed E-state index contributed by atoms with van der Waals surface area (Å²) < 4.78 is 21.0. The zero-order valence-corrected chi connectivity index (χ0v) is 19.6. The Balaban J connectivity index is 1.63. The maximum absolute atomic E-state index is 13.7. The molecular formula is C24H26FN5O3S. The lowest BCUT2D eigenvalue weighted by molar-refractivity contribution is 0.0303. The number of nitrogens with zero attached hydrogens (tertiary/aromatic N) is 3. The molecule has 2 heterocycles. The standard InChI is InChI=1S/C24H26FN5O3S/c1-26-23(32)27-9-10-30-21(16-34-24(30)28-20-4-2-3-19(25)15-20)17-5-7-18(8-6-17)22(31)29-11-13-33-14-12-29/h2-8,15-16H,9-14H2,1H3,(H2,26,27,32)/b28-24-. The lowest BCUT2D eigenvalue weighted by Gasteiger charge is -2.26. The van der Waals surface area contributed by atoms with Crippen molar-refractivity contribution in [3.05, 3.63) is 70.1 Å². The molecule has 1 fully saturated rings. The highest BCUT2D eigenvalue weighted by Crippen LogP contribution is 2.22. The number of ether oxygens (including phenoxy) is 1. The molecule has 1 aliphatic heterocycles. The molecule has 0 bridgehead atoms. The molecule has 34 heavy (non-hydrogen) atoms. The second-order valence-corrected chi connectivity index (χ2v) is 8.47. The van der Waals surface area contributed by atoms with Crippen LogP contribution in [0.4, 0.5) is 14.9 Å². The number of nitrogens with one attached hydrogen (secondary N) is 2. The van der Waals surface area contributed by atoms with Crippen LogP contribution in [0.25, 0.3) is 11.3 Å². The van der Waals surface area contributed by atoms with Crippen LogP contribution in [0.1, 0.15) is 10.4 Å². The van der Waals surface area contributed by atoms with Crippen molar-refractivity contribution in [1.29, 1.82) is 0 Å². The van der Waals surface area contributed by atoms with E-state index in [1.165, 1.54) is 23.5 Å². The Morgan fingerprint density at radius 2 is 1.91 bits per heavy atom. The van der Waals surface area contributed by atoms with Gasteiger partial charge in [-0.05, 0) is 35.9 Å². The molecule has 1 saturated heterocycles. The average molecular weight is 484 g/mol.